The summed E-state index contributed by atoms with van der Waals surface area (Å²) in [5.74, 6) is 0. The number of hydrogen-bond acceptors (Lipinski definition) is 4. The molecule has 2 N–H and O–H groups in total. The molecule has 77 valence electrons. The third-order valence-corrected chi connectivity index (χ3v) is 1.67. The van der Waals surface area contributed by atoms with Crippen molar-refractivity contribution in [2.45, 2.75) is 13.8 Å². The molecule has 0 rings (SSSR count). The van der Waals surface area contributed by atoms with E-state index in [2.05, 4.69) is 4.99 Å². The molecule has 0 unspecified atom stereocenters. The second-order valence-electron chi connectivity index (χ2n) is 3.01. The van der Waals surface area contributed by atoms with Gasteiger partial charge in [-0.25, -0.2) is 0 Å². The molecule has 0 fully saturated rings. The van der Waals surface area contributed by atoms with Gasteiger partial charge in [-0.3, -0.25) is 0 Å². The molecule has 0 aromatic rings. The molecule has 1 radical (unpaired) electrons. The minimum absolute atomic E-state index is 0.415. The summed E-state index contributed by atoms with van der Waals surface area (Å²) >= 11 is 0. The number of nitrogens with two attached hydrogens (primary N) is 1. The van der Waals surface area contributed by atoms with Gasteiger partial charge in [0.25, 0.3) is 0 Å². The molecule has 9 heteroatoms. The van der Waals surface area contributed by atoms with Crippen LogP contribution in [-0.4, -0.2) is 50.5 Å². The summed E-state index contributed by atoms with van der Waals surface area (Å²) in [6.45, 7) is 7.49. The summed E-state index contributed by atoms with van der Waals surface area (Å²) < 4.78 is 0. The molecule has 0 aliphatic carbocycles. The molecular formula is C7H10B4N3O2. The molecular weight excluding hydrogens is 201 g/mol. The fraction of sp³-hybridized carbons (Fsp3) is 0.286. The molecule has 16 heavy (non-hydrogen) atoms. The van der Waals surface area contributed by atoms with Crippen molar-refractivity contribution >= 4 is 45.6 Å². The van der Waals surface area contributed by atoms with Crippen molar-refractivity contribution in [1.82, 2.24) is 0 Å². The first-order valence-electron chi connectivity index (χ1n) is 4.51. The Hall–Kier alpha value is -1.39. The van der Waals surface area contributed by atoms with Crippen LogP contribution in [0.25, 0.3) is 0 Å². The van der Waals surface area contributed by atoms with Gasteiger partial charge in [0.1, 0.15) is 0 Å². The summed E-state index contributed by atoms with van der Waals surface area (Å²) in [5.41, 5.74) is 7.41. The zero-order valence-corrected chi connectivity index (χ0v) is 9.25. The van der Waals surface area contributed by atoms with Crippen LogP contribution in [0.3, 0.4) is 0 Å². The van der Waals surface area contributed by atoms with Gasteiger partial charge >= 0.3 is 96.5 Å². The Morgan fingerprint density at radius 3 is 2.62 bits per heavy atom. The second kappa shape index (κ2) is 7.84. The average molecular weight is 211 g/mol. The molecule has 0 heterocycles. The summed E-state index contributed by atoms with van der Waals surface area (Å²) in [4.78, 5) is 13.4. The van der Waals surface area contributed by atoms with Crippen LogP contribution in [0.2, 0.25) is 0 Å². The first-order valence-corrected chi connectivity index (χ1v) is 4.51. The number of allylic oxidation sites excluding steroid dienone is 2. The Morgan fingerprint density at radius 1 is 1.56 bits per heavy atom. The van der Waals surface area contributed by atoms with Crippen LogP contribution in [0.1, 0.15) is 13.8 Å². The van der Waals surface area contributed by atoms with Crippen LogP contribution in [0, 0.1) is 10.1 Å². The third-order valence-electron chi connectivity index (χ3n) is 1.67. The van der Waals surface area contributed by atoms with E-state index in [4.69, 9.17) is 13.1 Å². The van der Waals surface area contributed by atoms with Gasteiger partial charge in [-0.1, -0.05) is 0 Å². The standard InChI is InChI=1S/C7H10B4N3O2/c1-5(6(2)12)3-13-7(10-8)11-9-4-14(15)16/h3-4H,12H2,1-2H3/b6-5-,13-3+. The fourth-order valence-electron chi connectivity index (χ4n) is 0.627. The molecule has 0 saturated carbocycles. The molecule has 0 aromatic carbocycles. The van der Waals surface area contributed by atoms with E-state index in [1.807, 2.05) is 0 Å². The zero-order chi connectivity index (χ0) is 12.6. The Morgan fingerprint density at radius 2 is 2.19 bits per heavy atom. The van der Waals surface area contributed by atoms with Crippen LogP contribution in [-0.2, 0) is 0 Å². The van der Waals surface area contributed by atoms with Gasteiger partial charge in [-0.05, 0) is 0 Å². The SMILES string of the molecule is [B]=BC(=BB=C[N+](=O)[O-])/N=C/C(C)=C(/C)N. The van der Waals surface area contributed by atoms with E-state index in [-0.39, 0.29) is 0 Å². The molecule has 0 atom stereocenters. The van der Waals surface area contributed by atoms with E-state index in [0.717, 1.165) is 11.7 Å². The van der Waals surface area contributed by atoms with Crippen molar-refractivity contribution in [2.24, 2.45) is 10.7 Å². The van der Waals surface area contributed by atoms with E-state index in [0.29, 0.717) is 11.2 Å². The number of rotatable bonds is 5. The first kappa shape index (κ1) is 14.6. The van der Waals surface area contributed by atoms with Gasteiger partial charge < -0.3 is 0 Å². The van der Waals surface area contributed by atoms with Crippen molar-refractivity contribution in [1.29, 1.82) is 0 Å². The molecule has 0 saturated heterocycles. The van der Waals surface area contributed by atoms with E-state index < -0.39 is 4.92 Å². The van der Waals surface area contributed by atoms with Crippen molar-refractivity contribution in [3.8, 4) is 0 Å². The Labute approximate surface area is 97.0 Å². The molecule has 0 aliphatic heterocycles. The van der Waals surface area contributed by atoms with Crippen molar-refractivity contribution in [3.05, 3.63) is 21.4 Å². The first-order chi connectivity index (χ1) is 7.47. The van der Waals surface area contributed by atoms with Crippen LogP contribution >= 0.6 is 0 Å². The quantitative estimate of drug-likeness (QED) is 0.261. The van der Waals surface area contributed by atoms with Gasteiger partial charge in [-0.2, -0.15) is 0 Å². The predicted molar refractivity (Wildman–Crippen MR) is 72.1 cm³/mol. The van der Waals surface area contributed by atoms with Crippen molar-refractivity contribution in [2.75, 3.05) is 0 Å². The van der Waals surface area contributed by atoms with Crippen molar-refractivity contribution in [3.63, 3.8) is 0 Å². The third kappa shape index (κ3) is 6.98. The zero-order valence-electron chi connectivity index (χ0n) is 9.25. The Balaban J connectivity index is 4.72. The van der Waals surface area contributed by atoms with E-state index >= 15 is 0 Å². The van der Waals surface area contributed by atoms with Gasteiger partial charge in [-0.15, -0.1) is 0 Å². The molecule has 0 aromatic heterocycles. The predicted octanol–water partition coefficient (Wildman–Crippen LogP) is -1.46. The number of hydrogen-bond donors (Lipinski definition) is 1. The van der Waals surface area contributed by atoms with Crippen LogP contribution in [0.15, 0.2) is 16.3 Å². The molecule has 0 amide bonds. The van der Waals surface area contributed by atoms with E-state index in [9.17, 15) is 10.1 Å². The molecule has 0 aliphatic rings. The number of nitro groups is 1. The summed E-state index contributed by atoms with van der Waals surface area (Å²) in [6, 6.07) is 0. The molecule has 0 bridgehead atoms. The second-order valence-corrected chi connectivity index (χ2v) is 3.01. The summed E-state index contributed by atoms with van der Waals surface area (Å²) in [7, 11) is 5.29. The van der Waals surface area contributed by atoms with Crippen LogP contribution < -0.4 is 5.73 Å². The molecule has 5 nitrogen and oxygen atoms in total. The van der Waals surface area contributed by atoms with E-state index in [1.54, 1.807) is 20.1 Å². The van der Waals surface area contributed by atoms with Gasteiger partial charge in [0.15, 0.2) is 0 Å². The summed E-state index contributed by atoms with van der Waals surface area (Å²) in [6.07, 6.45) is 2.35. The topological polar surface area (TPSA) is 81.5 Å². The number of aliphatic imine (C=N–C) groups is 1. The summed E-state index contributed by atoms with van der Waals surface area (Å²) in [5, 5.41) is 10.0. The van der Waals surface area contributed by atoms with Crippen molar-refractivity contribution < 1.29 is 4.92 Å². The maximum atomic E-state index is 10.0. The monoisotopic (exact) mass is 212 g/mol. The van der Waals surface area contributed by atoms with E-state index in [1.165, 1.54) is 20.4 Å². The van der Waals surface area contributed by atoms with Crippen LogP contribution in [0.5, 0.6) is 0 Å². The van der Waals surface area contributed by atoms with Gasteiger partial charge in [0, 0.05) is 0 Å². The Bertz CT molecular complexity index is 396. The molecule has 0 spiro atoms. The Kier molecular flexibility index (Phi) is 7.16. The minimum atomic E-state index is -0.566. The maximum absolute atomic E-state index is 10.0. The normalized spacial score (nSPS) is 12.9. The van der Waals surface area contributed by atoms with Crippen LogP contribution in [0.4, 0.5) is 0 Å². The average Bonchev–Trinajstić information content (AvgIpc) is 2.21. The van der Waals surface area contributed by atoms with Gasteiger partial charge in [0.05, 0.1) is 0 Å². The van der Waals surface area contributed by atoms with Gasteiger partial charge in [0.2, 0.25) is 0 Å². The number of nitrogens with zero attached hydrogens (tertiary/aromatic N) is 2. The fourth-order valence-corrected chi connectivity index (χ4v) is 0.627.